The van der Waals surface area contributed by atoms with Crippen molar-refractivity contribution in [2.24, 2.45) is 5.92 Å². The van der Waals surface area contributed by atoms with Crippen LogP contribution in [0.3, 0.4) is 0 Å². The molecule has 0 bridgehead atoms. The molecular formula is C23H43N3O7S. The van der Waals surface area contributed by atoms with E-state index in [4.69, 9.17) is 9.47 Å². The van der Waals surface area contributed by atoms with E-state index in [0.29, 0.717) is 38.6 Å². The molecule has 1 aliphatic heterocycles. The average Bonchev–Trinajstić information content (AvgIpc) is 2.72. The molecule has 0 aromatic heterocycles. The summed E-state index contributed by atoms with van der Waals surface area (Å²) in [6.45, 7) is 9.06. The van der Waals surface area contributed by atoms with Crippen LogP contribution in [0.4, 0.5) is 4.79 Å². The van der Waals surface area contributed by atoms with Gasteiger partial charge in [-0.15, -0.1) is 0 Å². The summed E-state index contributed by atoms with van der Waals surface area (Å²) >= 11 is 0. The van der Waals surface area contributed by atoms with Crippen molar-refractivity contribution in [3.8, 4) is 0 Å². The first-order valence-corrected chi connectivity index (χ1v) is 14.2. The number of aliphatic hydroxyl groups is 1. The van der Waals surface area contributed by atoms with Crippen molar-refractivity contribution in [2.45, 2.75) is 77.0 Å². The van der Waals surface area contributed by atoms with E-state index >= 15 is 0 Å². The monoisotopic (exact) mass is 505 g/mol. The molecule has 0 radical (unpaired) electrons. The first kappa shape index (κ1) is 28.8. The molecule has 1 aliphatic carbocycles. The minimum absolute atomic E-state index is 0.300. The molecule has 10 nitrogen and oxygen atoms in total. The van der Waals surface area contributed by atoms with Gasteiger partial charge in [0.05, 0.1) is 31.1 Å². The standard InChI is InChI=1S/C23H43N3O7S/c1-23(2,3)33-22(29)25-19(15-18-7-5-4-6-8-18)20(27)16-34(30,31)17-21(28)24-9-10-26-11-13-32-14-12-26/h18-20,27H,4-17H2,1-3H3,(H,24,28)(H,25,29)/t19-,20-/m0/s1. The number of aliphatic hydroxyl groups excluding tert-OH is 1. The summed E-state index contributed by atoms with van der Waals surface area (Å²) in [5, 5.41) is 16.1. The predicted octanol–water partition coefficient (Wildman–Crippen LogP) is 1.07. The molecule has 1 saturated carbocycles. The average molecular weight is 506 g/mol. The Bertz CT molecular complexity index is 742. The zero-order valence-electron chi connectivity index (χ0n) is 20.9. The van der Waals surface area contributed by atoms with Gasteiger partial charge in [0.1, 0.15) is 11.4 Å². The van der Waals surface area contributed by atoms with Crippen LogP contribution in [0.1, 0.15) is 59.3 Å². The lowest BCUT2D eigenvalue weighted by atomic mass is 9.84. The Hall–Kier alpha value is -1.43. The lowest BCUT2D eigenvalue weighted by Gasteiger charge is -2.31. The topological polar surface area (TPSA) is 134 Å². The lowest BCUT2D eigenvalue weighted by Crippen LogP contribution is -2.49. The minimum atomic E-state index is -3.88. The number of amides is 2. The first-order chi connectivity index (χ1) is 15.9. The Balaban J connectivity index is 1.88. The number of carbonyl (C=O) groups is 2. The number of nitrogens with one attached hydrogen (secondary N) is 2. The summed E-state index contributed by atoms with van der Waals surface area (Å²) < 4.78 is 35.9. The van der Waals surface area contributed by atoms with Gasteiger partial charge in [-0.3, -0.25) is 9.69 Å². The highest BCUT2D eigenvalue weighted by atomic mass is 32.2. The van der Waals surface area contributed by atoms with Gasteiger partial charge in [0.2, 0.25) is 5.91 Å². The molecule has 2 rings (SSSR count). The summed E-state index contributed by atoms with van der Waals surface area (Å²) in [5.41, 5.74) is -0.712. The van der Waals surface area contributed by atoms with Crippen LogP contribution in [-0.2, 0) is 24.1 Å². The van der Waals surface area contributed by atoms with Crippen LogP contribution in [-0.4, -0.2) is 99.1 Å². The summed E-state index contributed by atoms with van der Waals surface area (Å²) in [4.78, 5) is 26.7. The van der Waals surface area contributed by atoms with E-state index in [1.165, 1.54) is 0 Å². The second kappa shape index (κ2) is 13.6. The van der Waals surface area contributed by atoms with Crippen molar-refractivity contribution in [1.82, 2.24) is 15.5 Å². The SMILES string of the molecule is CC(C)(C)OC(=O)N[C@@H](CC1CCCCC1)[C@@H](O)CS(=O)(=O)CC(=O)NCCN1CCOCC1. The van der Waals surface area contributed by atoms with Crippen molar-refractivity contribution in [1.29, 1.82) is 0 Å². The molecule has 11 heteroatoms. The zero-order chi connectivity index (χ0) is 25.2. The fourth-order valence-electron chi connectivity index (χ4n) is 4.42. The minimum Gasteiger partial charge on any atom is -0.444 e. The molecule has 0 spiro atoms. The van der Waals surface area contributed by atoms with Gasteiger partial charge in [0.15, 0.2) is 9.84 Å². The van der Waals surface area contributed by atoms with Gasteiger partial charge in [-0.2, -0.15) is 0 Å². The van der Waals surface area contributed by atoms with E-state index in [1.54, 1.807) is 20.8 Å². The van der Waals surface area contributed by atoms with E-state index in [9.17, 15) is 23.1 Å². The van der Waals surface area contributed by atoms with E-state index in [-0.39, 0.29) is 0 Å². The maximum Gasteiger partial charge on any atom is 0.407 e. The molecule has 0 aromatic carbocycles. The fraction of sp³-hybridized carbons (Fsp3) is 0.913. The van der Waals surface area contributed by atoms with E-state index < -0.39 is 51.1 Å². The van der Waals surface area contributed by atoms with Gasteiger partial charge in [0, 0.05) is 26.2 Å². The molecule has 34 heavy (non-hydrogen) atoms. The van der Waals surface area contributed by atoms with Crippen LogP contribution < -0.4 is 10.6 Å². The van der Waals surface area contributed by atoms with Crippen molar-refractivity contribution < 1.29 is 32.6 Å². The Kier molecular flexibility index (Phi) is 11.5. The third kappa shape index (κ3) is 11.8. The van der Waals surface area contributed by atoms with Crippen molar-refractivity contribution in [2.75, 3.05) is 50.9 Å². The third-order valence-electron chi connectivity index (χ3n) is 6.11. The van der Waals surface area contributed by atoms with Crippen LogP contribution >= 0.6 is 0 Å². The van der Waals surface area contributed by atoms with Gasteiger partial charge < -0.3 is 25.2 Å². The molecule has 1 saturated heterocycles. The smallest absolute Gasteiger partial charge is 0.407 e. The Morgan fingerprint density at radius 2 is 1.79 bits per heavy atom. The number of nitrogens with zero attached hydrogens (tertiary/aromatic N) is 1. The molecule has 0 aromatic rings. The van der Waals surface area contributed by atoms with E-state index in [0.717, 1.165) is 45.2 Å². The van der Waals surface area contributed by atoms with E-state index in [1.807, 2.05) is 0 Å². The quantitative estimate of drug-likeness (QED) is 0.380. The predicted molar refractivity (Wildman–Crippen MR) is 129 cm³/mol. The van der Waals surface area contributed by atoms with Crippen LogP contribution in [0.25, 0.3) is 0 Å². The number of alkyl carbamates (subject to hydrolysis) is 1. The number of rotatable bonds is 11. The van der Waals surface area contributed by atoms with Crippen LogP contribution in [0.15, 0.2) is 0 Å². The number of hydrogen-bond acceptors (Lipinski definition) is 8. The van der Waals surface area contributed by atoms with Crippen LogP contribution in [0.2, 0.25) is 0 Å². The lowest BCUT2D eigenvalue weighted by molar-refractivity contribution is -0.118. The largest absolute Gasteiger partial charge is 0.444 e. The molecular weight excluding hydrogens is 462 g/mol. The highest BCUT2D eigenvalue weighted by Gasteiger charge is 2.31. The summed E-state index contributed by atoms with van der Waals surface area (Å²) in [5.74, 6) is -1.59. The maximum absolute atomic E-state index is 12.6. The van der Waals surface area contributed by atoms with Crippen LogP contribution in [0.5, 0.6) is 0 Å². The molecule has 3 N–H and O–H groups in total. The second-order valence-electron chi connectivity index (χ2n) is 10.4. The summed E-state index contributed by atoms with van der Waals surface area (Å²) in [6.07, 6.45) is 3.76. The van der Waals surface area contributed by atoms with Crippen molar-refractivity contribution in [3.05, 3.63) is 0 Å². The Morgan fingerprint density at radius 3 is 2.41 bits per heavy atom. The molecule has 2 aliphatic rings. The van der Waals surface area contributed by atoms with E-state index in [2.05, 4.69) is 15.5 Å². The molecule has 2 amide bonds. The summed E-state index contributed by atoms with van der Waals surface area (Å²) in [7, 11) is -3.88. The maximum atomic E-state index is 12.6. The number of carbonyl (C=O) groups excluding carboxylic acids is 2. The number of sulfone groups is 1. The van der Waals surface area contributed by atoms with Gasteiger partial charge >= 0.3 is 6.09 Å². The number of hydrogen-bond donors (Lipinski definition) is 3. The molecule has 1 heterocycles. The third-order valence-corrected chi connectivity index (χ3v) is 7.66. The van der Waals surface area contributed by atoms with Crippen LogP contribution in [0, 0.1) is 5.92 Å². The molecule has 2 fully saturated rings. The fourth-order valence-corrected chi connectivity index (χ4v) is 5.79. The normalized spacial score (nSPS) is 20.4. The van der Waals surface area contributed by atoms with Gasteiger partial charge in [0.25, 0.3) is 0 Å². The highest BCUT2D eigenvalue weighted by molar-refractivity contribution is 7.92. The van der Waals surface area contributed by atoms with Gasteiger partial charge in [-0.05, 0) is 33.1 Å². The second-order valence-corrected chi connectivity index (χ2v) is 12.5. The Morgan fingerprint density at radius 1 is 1.15 bits per heavy atom. The van der Waals surface area contributed by atoms with Crippen molar-refractivity contribution in [3.63, 3.8) is 0 Å². The molecule has 2 atom stereocenters. The number of morpholine rings is 1. The highest BCUT2D eigenvalue weighted by Crippen LogP contribution is 2.28. The zero-order valence-corrected chi connectivity index (χ0v) is 21.7. The van der Waals surface area contributed by atoms with Gasteiger partial charge in [-0.25, -0.2) is 13.2 Å². The summed E-state index contributed by atoms with van der Waals surface area (Å²) in [6, 6.07) is -0.767. The number of ether oxygens (including phenoxy) is 2. The first-order valence-electron chi connectivity index (χ1n) is 12.4. The molecule has 198 valence electrons. The van der Waals surface area contributed by atoms with Crippen molar-refractivity contribution >= 4 is 21.8 Å². The Labute approximate surface area is 204 Å². The van der Waals surface area contributed by atoms with Gasteiger partial charge in [-0.1, -0.05) is 32.1 Å². The molecule has 0 unspecified atom stereocenters.